The van der Waals surface area contributed by atoms with E-state index in [2.05, 4.69) is 17.6 Å². The van der Waals surface area contributed by atoms with Crippen LogP contribution in [0.1, 0.15) is 103 Å². The van der Waals surface area contributed by atoms with Crippen molar-refractivity contribution in [1.29, 1.82) is 0 Å². The van der Waals surface area contributed by atoms with Crippen LogP contribution in [0.15, 0.2) is 0 Å². The molecule has 0 aromatic rings. The number of nitrogens with one attached hydrogen (secondary N) is 2. The highest BCUT2D eigenvalue weighted by atomic mass is 19.4. The van der Waals surface area contributed by atoms with Crippen molar-refractivity contribution in [3.8, 4) is 0 Å². The molecule has 0 aromatic carbocycles. The zero-order valence-corrected chi connectivity index (χ0v) is 26.2. The van der Waals surface area contributed by atoms with Crippen LogP contribution in [0.2, 0.25) is 0 Å². The molecule has 3 saturated carbocycles. The van der Waals surface area contributed by atoms with Gasteiger partial charge in [-0.25, -0.2) is 0 Å². The van der Waals surface area contributed by atoms with Gasteiger partial charge in [0.25, 0.3) is 0 Å². The van der Waals surface area contributed by atoms with Crippen LogP contribution in [0.3, 0.4) is 0 Å². The first-order valence-electron chi connectivity index (χ1n) is 17.1. The molecule has 9 unspecified atom stereocenters. The number of alkyl halides is 6. The van der Waals surface area contributed by atoms with Gasteiger partial charge in [-0.05, 0) is 114 Å². The standard InChI is InChI=1S/C33H51F6N3O2/c1-19-6-12-26(41-30(43)21-4-3-5-24(14-21)33(37,38)39)16-27(19)28-15-22-18-40-25(17-29(22)42(2)31(28)44)13-9-20-7-10-23(11-8-20)32(34,35)36/h19-29,40H,3-18H2,1-2H3,(H,41,43). The molecular weight excluding hydrogens is 584 g/mol. The van der Waals surface area contributed by atoms with Crippen LogP contribution < -0.4 is 10.6 Å². The number of hydrogen-bond acceptors (Lipinski definition) is 3. The Morgan fingerprint density at radius 3 is 2.25 bits per heavy atom. The van der Waals surface area contributed by atoms with Gasteiger partial charge in [0, 0.05) is 43.6 Å². The predicted molar refractivity (Wildman–Crippen MR) is 155 cm³/mol. The molecule has 5 fully saturated rings. The average Bonchev–Trinajstić information content (AvgIpc) is 2.98. The summed E-state index contributed by atoms with van der Waals surface area (Å²) < 4.78 is 79.0. The Morgan fingerprint density at radius 1 is 0.864 bits per heavy atom. The van der Waals surface area contributed by atoms with E-state index in [1.54, 1.807) is 0 Å². The van der Waals surface area contributed by atoms with E-state index in [0.29, 0.717) is 49.9 Å². The molecule has 0 bridgehead atoms. The highest BCUT2D eigenvalue weighted by Crippen LogP contribution is 2.45. The van der Waals surface area contributed by atoms with E-state index in [4.69, 9.17) is 0 Å². The normalized spacial score (nSPS) is 40.8. The van der Waals surface area contributed by atoms with Crippen molar-refractivity contribution in [3.63, 3.8) is 0 Å². The van der Waals surface area contributed by atoms with Gasteiger partial charge in [-0.2, -0.15) is 26.3 Å². The number of carbonyl (C=O) groups excluding carboxylic acids is 2. The molecule has 2 heterocycles. The van der Waals surface area contributed by atoms with Crippen LogP contribution in [0.5, 0.6) is 0 Å². The summed E-state index contributed by atoms with van der Waals surface area (Å²) in [5, 5.41) is 6.78. The predicted octanol–water partition coefficient (Wildman–Crippen LogP) is 7.25. The number of fused-ring (bicyclic) bond motifs is 1. The Labute approximate surface area is 258 Å². The molecule has 2 amide bonds. The van der Waals surface area contributed by atoms with Crippen molar-refractivity contribution >= 4 is 11.8 Å². The molecule has 2 N–H and O–H groups in total. The lowest BCUT2D eigenvalue weighted by molar-refractivity contribution is -0.186. The van der Waals surface area contributed by atoms with Gasteiger partial charge >= 0.3 is 12.4 Å². The first kappa shape index (κ1) is 33.8. The maximum absolute atomic E-state index is 13.8. The second-order valence-electron chi connectivity index (χ2n) is 15.1. The molecule has 9 atom stereocenters. The van der Waals surface area contributed by atoms with E-state index < -0.39 is 30.1 Å². The third-order valence-corrected chi connectivity index (χ3v) is 12.3. The van der Waals surface area contributed by atoms with Crippen molar-refractivity contribution in [2.24, 2.45) is 47.3 Å². The molecule has 3 aliphatic carbocycles. The summed E-state index contributed by atoms with van der Waals surface area (Å²) in [6.45, 7) is 2.99. The molecule has 2 aliphatic heterocycles. The Balaban J connectivity index is 1.11. The molecule has 0 aromatic heterocycles. The van der Waals surface area contributed by atoms with E-state index in [9.17, 15) is 35.9 Å². The van der Waals surface area contributed by atoms with Crippen molar-refractivity contribution < 1.29 is 35.9 Å². The number of rotatable bonds is 6. The first-order chi connectivity index (χ1) is 20.7. The van der Waals surface area contributed by atoms with Crippen LogP contribution in [-0.2, 0) is 9.59 Å². The molecule has 5 rings (SSSR count). The van der Waals surface area contributed by atoms with Crippen LogP contribution in [0.25, 0.3) is 0 Å². The molecule has 0 radical (unpaired) electrons. The summed E-state index contributed by atoms with van der Waals surface area (Å²) in [4.78, 5) is 28.8. The van der Waals surface area contributed by atoms with Gasteiger partial charge in [-0.15, -0.1) is 0 Å². The lowest BCUT2D eigenvalue weighted by Gasteiger charge is -2.51. The fraction of sp³-hybridized carbons (Fsp3) is 0.939. The molecule has 5 aliphatic rings. The van der Waals surface area contributed by atoms with Crippen molar-refractivity contribution in [3.05, 3.63) is 0 Å². The smallest absolute Gasteiger partial charge is 0.353 e. The average molecular weight is 636 g/mol. The third-order valence-electron chi connectivity index (χ3n) is 12.3. The first-order valence-corrected chi connectivity index (χ1v) is 17.1. The lowest BCUT2D eigenvalue weighted by atomic mass is 9.65. The van der Waals surface area contributed by atoms with E-state index in [-0.39, 0.29) is 67.5 Å². The lowest BCUT2D eigenvalue weighted by Crippen LogP contribution is -2.60. The largest absolute Gasteiger partial charge is 0.391 e. The molecule has 44 heavy (non-hydrogen) atoms. The third kappa shape index (κ3) is 7.88. The summed E-state index contributed by atoms with van der Waals surface area (Å²) in [7, 11) is 1.90. The highest BCUT2D eigenvalue weighted by Gasteiger charge is 2.49. The molecule has 0 spiro atoms. The number of hydrogen-bond donors (Lipinski definition) is 2. The topological polar surface area (TPSA) is 61.4 Å². The van der Waals surface area contributed by atoms with E-state index in [1.807, 2.05) is 11.9 Å². The van der Waals surface area contributed by atoms with Crippen LogP contribution in [0.4, 0.5) is 26.3 Å². The van der Waals surface area contributed by atoms with E-state index in [0.717, 1.165) is 45.1 Å². The Bertz CT molecular complexity index is 997. The van der Waals surface area contributed by atoms with Crippen molar-refractivity contribution in [2.45, 2.75) is 134 Å². The Morgan fingerprint density at radius 2 is 1.57 bits per heavy atom. The van der Waals surface area contributed by atoms with Gasteiger partial charge in [-0.3, -0.25) is 9.59 Å². The fourth-order valence-corrected chi connectivity index (χ4v) is 9.47. The van der Waals surface area contributed by atoms with Gasteiger partial charge in [0.05, 0.1) is 11.8 Å². The number of nitrogens with zero attached hydrogens (tertiary/aromatic N) is 1. The molecule has 5 nitrogen and oxygen atoms in total. The van der Waals surface area contributed by atoms with Gasteiger partial charge in [0.1, 0.15) is 0 Å². The van der Waals surface area contributed by atoms with Gasteiger partial charge in [0.2, 0.25) is 11.8 Å². The fourth-order valence-electron chi connectivity index (χ4n) is 9.47. The minimum Gasteiger partial charge on any atom is -0.353 e. The minimum atomic E-state index is -4.26. The number of halogens is 6. The molecule has 11 heteroatoms. The highest BCUT2D eigenvalue weighted by molar-refractivity contribution is 5.80. The summed E-state index contributed by atoms with van der Waals surface area (Å²) in [6, 6.07) is 0.285. The number of carbonyl (C=O) groups is 2. The van der Waals surface area contributed by atoms with E-state index in [1.165, 1.54) is 0 Å². The van der Waals surface area contributed by atoms with Crippen LogP contribution in [-0.4, -0.2) is 60.8 Å². The number of piperidine rings is 2. The monoisotopic (exact) mass is 635 g/mol. The zero-order chi connectivity index (χ0) is 31.8. The molecular formula is C33H51F6N3O2. The number of likely N-dealkylation sites (tertiary alicyclic amines) is 1. The van der Waals surface area contributed by atoms with Crippen molar-refractivity contribution in [2.75, 3.05) is 13.6 Å². The van der Waals surface area contributed by atoms with Crippen LogP contribution >= 0.6 is 0 Å². The quantitative estimate of drug-likeness (QED) is 0.303. The van der Waals surface area contributed by atoms with Gasteiger partial charge < -0.3 is 15.5 Å². The van der Waals surface area contributed by atoms with E-state index >= 15 is 0 Å². The molecule has 2 saturated heterocycles. The molecule has 252 valence electrons. The maximum atomic E-state index is 13.8. The van der Waals surface area contributed by atoms with Crippen molar-refractivity contribution in [1.82, 2.24) is 15.5 Å². The second kappa shape index (κ2) is 13.7. The number of amides is 2. The summed E-state index contributed by atoms with van der Waals surface area (Å²) in [5.41, 5.74) is 0. The summed E-state index contributed by atoms with van der Waals surface area (Å²) in [6.07, 6.45) is 0.0907. The Kier molecular flexibility index (Phi) is 10.5. The summed E-state index contributed by atoms with van der Waals surface area (Å²) >= 11 is 0. The van der Waals surface area contributed by atoms with Gasteiger partial charge in [-0.1, -0.05) is 13.3 Å². The Hall–Kier alpha value is -1.52. The maximum Gasteiger partial charge on any atom is 0.391 e. The summed E-state index contributed by atoms with van der Waals surface area (Å²) in [5.74, 6) is -2.30. The zero-order valence-electron chi connectivity index (χ0n) is 26.2. The van der Waals surface area contributed by atoms with Crippen LogP contribution in [0, 0.1) is 47.3 Å². The minimum absolute atomic E-state index is 0.0949. The van der Waals surface area contributed by atoms with Gasteiger partial charge in [0.15, 0.2) is 0 Å². The SMILES string of the molecule is CC1CCC(NC(=O)C2CCCC(C(F)(F)F)C2)CC1C1CC2CNC(CCC3CCC(C(F)(F)F)CC3)CC2N(C)C1=O. The second-order valence-corrected chi connectivity index (χ2v) is 15.1.